The van der Waals surface area contributed by atoms with Gasteiger partial charge in [-0.1, -0.05) is 31.2 Å². The fourth-order valence-corrected chi connectivity index (χ4v) is 3.23. The summed E-state index contributed by atoms with van der Waals surface area (Å²) in [4.78, 5) is 11.5. The Labute approximate surface area is 112 Å². The monoisotopic (exact) mass is 265 g/mol. The van der Waals surface area contributed by atoms with Crippen LogP contribution in [0.4, 0.5) is 0 Å². The van der Waals surface area contributed by atoms with Crippen molar-refractivity contribution >= 4 is 17.7 Å². The molecule has 0 aromatic heterocycles. The van der Waals surface area contributed by atoms with E-state index in [1.165, 1.54) is 18.2 Å². The van der Waals surface area contributed by atoms with Crippen LogP contribution in [0.1, 0.15) is 24.1 Å². The maximum Gasteiger partial charge on any atom is 0.323 e. The van der Waals surface area contributed by atoms with E-state index in [-0.39, 0.29) is 18.1 Å². The molecule has 1 heterocycles. The Morgan fingerprint density at radius 3 is 2.72 bits per heavy atom. The maximum absolute atomic E-state index is 11.5. The first-order valence-electron chi connectivity index (χ1n) is 6.25. The van der Waals surface area contributed by atoms with Crippen molar-refractivity contribution in [3.05, 3.63) is 35.4 Å². The van der Waals surface area contributed by atoms with Crippen molar-refractivity contribution in [1.82, 2.24) is 5.32 Å². The zero-order valence-electron chi connectivity index (χ0n) is 10.8. The highest BCUT2D eigenvalue weighted by Crippen LogP contribution is 2.25. The summed E-state index contributed by atoms with van der Waals surface area (Å²) in [6, 6.07) is 8.66. The Bertz CT molecular complexity index is 405. The molecule has 0 aliphatic carbocycles. The third-order valence-electron chi connectivity index (χ3n) is 3.25. The van der Waals surface area contributed by atoms with E-state index >= 15 is 0 Å². The van der Waals surface area contributed by atoms with Gasteiger partial charge in [-0.15, -0.1) is 0 Å². The molecule has 0 amide bonds. The normalized spacial score (nSPS) is 23.7. The molecule has 1 aromatic carbocycles. The van der Waals surface area contributed by atoms with Gasteiger partial charge in [0.05, 0.1) is 7.11 Å². The number of rotatable bonds is 3. The molecule has 1 N–H and O–H groups in total. The first-order chi connectivity index (χ1) is 8.74. The second kappa shape index (κ2) is 6.25. The number of esters is 1. The van der Waals surface area contributed by atoms with Crippen molar-refractivity contribution in [2.45, 2.75) is 25.4 Å². The molecule has 18 heavy (non-hydrogen) atoms. The molecule has 1 aromatic rings. The SMILES string of the molecule is CCc1ccc(C2CSCC(C(=O)OC)N2)cc1. The van der Waals surface area contributed by atoms with Gasteiger partial charge in [-0.3, -0.25) is 10.1 Å². The lowest BCUT2D eigenvalue weighted by Gasteiger charge is -2.29. The highest BCUT2D eigenvalue weighted by Gasteiger charge is 2.28. The van der Waals surface area contributed by atoms with E-state index in [1.54, 1.807) is 11.8 Å². The number of aryl methyl sites for hydroxylation is 1. The summed E-state index contributed by atoms with van der Waals surface area (Å²) in [5.74, 6) is 1.62. The van der Waals surface area contributed by atoms with Crippen LogP contribution in [-0.2, 0) is 16.0 Å². The topological polar surface area (TPSA) is 38.3 Å². The zero-order valence-corrected chi connectivity index (χ0v) is 11.6. The molecular weight excluding hydrogens is 246 g/mol. The number of ether oxygens (including phenoxy) is 1. The molecule has 0 radical (unpaired) electrons. The van der Waals surface area contributed by atoms with Crippen LogP contribution in [0.3, 0.4) is 0 Å². The fraction of sp³-hybridized carbons (Fsp3) is 0.500. The van der Waals surface area contributed by atoms with Gasteiger partial charge in [0.15, 0.2) is 0 Å². The van der Waals surface area contributed by atoms with Crippen LogP contribution in [0.15, 0.2) is 24.3 Å². The number of carbonyl (C=O) groups is 1. The van der Waals surface area contributed by atoms with Crippen LogP contribution in [0.25, 0.3) is 0 Å². The first kappa shape index (κ1) is 13.4. The third kappa shape index (κ3) is 3.06. The number of nitrogens with one attached hydrogen (secondary N) is 1. The lowest BCUT2D eigenvalue weighted by atomic mass is 10.0. The quantitative estimate of drug-likeness (QED) is 0.850. The first-order valence-corrected chi connectivity index (χ1v) is 7.40. The van der Waals surface area contributed by atoms with Crippen LogP contribution in [0.5, 0.6) is 0 Å². The van der Waals surface area contributed by atoms with Gasteiger partial charge >= 0.3 is 5.97 Å². The molecule has 98 valence electrons. The largest absolute Gasteiger partial charge is 0.468 e. The molecule has 0 spiro atoms. The average Bonchev–Trinajstić information content (AvgIpc) is 2.46. The highest BCUT2D eigenvalue weighted by molar-refractivity contribution is 7.99. The van der Waals surface area contributed by atoms with E-state index in [1.807, 2.05) is 0 Å². The second-order valence-corrected chi connectivity index (χ2v) is 5.50. The van der Waals surface area contributed by atoms with Crippen molar-refractivity contribution in [3.8, 4) is 0 Å². The number of methoxy groups -OCH3 is 1. The summed E-state index contributed by atoms with van der Waals surface area (Å²) < 4.78 is 4.80. The molecule has 2 rings (SSSR count). The maximum atomic E-state index is 11.5. The van der Waals surface area contributed by atoms with Gasteiger partial charge < -0.3 is 4.74 Å². The Kier molecular flexibility index (Phi) is 4.66. The van der Waals surface area contributed by atoms with Crippen LogP contribution >= 0.6 is 11.8 Å². The number of carbonyl (C=O) groups excluding carboxylic acids is 1. The summed E-state index contributed by atoms with van der Waals surface area (Å²) in [6.07, 6.45) is 1.05. The molecule has 1 aliphatic heterocycles. The van der Waals surface area contributed by atoms with Gasteiger partial charge in [-0.2, -0.15) is 11.8 Å². The predicted molar refractivity (Wildman–Crippen MR) is 74.8 cm³/mol. The number of benzene rings is 1. The van der Waals surface area contributed by atoms with Gasteiger partial charge in [0, 0.05) is 17.5 Å². The zero-order chi connectivity index (χ0) is 13.0. The standard InChI is InChI=1S/C14H19NO2S/c1-3-10-4-6-11(7-5-10)12-8-18-9-13(15-12)14(16)17-2/h4-7,12-13,15H,3,8-9H2,1-2H3. The van der Waals surface area contributed by atoms with Crippen molar-refractivity contribution in [2.75, 3.05) is 18.6 Å². The van der Waals surface area contributed by atoms with Crippen molar-refractivity contribution in [1.29, 1.82) is 0 Å². The predicted octanol–water partition coefficient (Wildman–Crippen LogP) is 2.17. The third-order valence-corrected chi connectivity index (χ3v) is 4.39. The molecule has 3 nitrogen and oxygen atoms in total. The summed E-state index contributed by atoms with van der Waals surface area (Å²) in [6.45, 7) is 2.15. The van der Waals surface area contributed by atoms with Gasteiger partial charge in [-0.25, -0.2) is 0 Å². The van der Waals surface area contributed by atoms with E-state index in [2.05, 4.69) is 36.5 Å². The molecule has 1 saturated heterocycles. The highest BCUT2D eigenvalue weighted by atomic mass is 32.2. The van der Waals surface area contributed by atoms with Gasteiger partial charge in [0.1, 0.15) is 6.04 Å². The minimum atomic E-state index is -0.190. The minimum Gasteiger partial charge on any atom is -0.468 e. The van der Waals surface area contributed by atoms with E-state index in [0.29, 0.717) is 0 Å². The fourth-order valence-electron chi connectivity index (χ4n) is 2.10. The molecule has 4 heteroatoms. The smallest absolute Gasteiger partial charge is 0.323 e. The molecular formula is C14H19NO2S. The Balaban J connectivity index is 2.05. The van der Waals surface area contributed by atoms with E-state index in [4.69, 9.17) is 4.74 Å². The van der Waals surface area contributed by atoms with Gasteiger partial charge in [0.2, 0.25) is 0 Å². The van der Waals surface area contributed by atoms with E-state index in [0.717, 1.165) is 17.9 Å². The Morgan fingerprint density at radius 2 is 2.11 bits per heavy atom. The van der Waals surface area contributed by atoms with Crippen molar-refractivity contribution in [3.63, 3.8) is 0 Å². The summed E-state index contributed by atoms with van der Waals surface area (Å²) in [5, 5.41) is 3.36. The lowest BCUT2D eigenvalue weighted by Crippen LogP contribution is -2.45. The summed E-state index contributed by atoms with van der Waals surface area (Å²) in [7, 11) is 1.44. The molecule has 2 unspecified atom stereocenters. The number of thioether (sulfide) groups is 1. The van der Waals surface area contributed by atoms with Crippen molar-refractivity contribution < 1.29 is 9.53 Å². The molecule has 2 atom stereocenters. The molecule has 1 aliphatic rings. The average molecular weight is 265 g/mol. The van der Waals surface area contributed by atoms with E-state index in [9.17, 15) is 4.79 Å². The van der Waals surface area contributed by atoms with Crippen LogP contribution in [0.2, 0.25) is 0 Å². The van der Waals surface area contributed by atoms with Gasteiger partial charge in [-0.05, 0) is 17.5 Å². The Hall–Kier alpha value is -1.00. The number of hydrogen-bond donors (Lipinski definition) is 1. The number of hydrogen-bond acceptors (Lipinski definition) is 4. The molecule has 1 fully saturated rings. The van der Waals surface area contributed by atoms with Crippen LogP contribution < -0.4 is 5.32 Å². The molecule has 0 bridgehead atoms. The summed E-state index contributed by atoms with van der Waals surface area (Å²) in [5.41, 5.74) is 2.58. The van der Waals surface area contributed by atoms with Crippen LogP contribution in [0, 0.1) is 0 Å². The van der Waals surface area contributed by atoms with E-state index < -0.39 is 0 Å². The molecule has 0 saturated carbocycles. The van der Waals surface area contributed by atoms with Crippen LogP contribution in [-0.4, -0.2) is 30.6 Å². The van der Waals surface area contributed by atoms with Crippen molar-refractivity contribution in [2.24, 2.45) is 0 Å². The van der Waals surface area contributed by atoms with Gasteiger partial charge in [0.25, 0.3) is 0 Å². The lowest BCUT2D eigenvalue weighted by molar-refractivity contribution is -0.142. The second-order valence-electron chi connectivity index (χ2n) is 4.43. The summed E-state index contributed by atoms with van der Waals surface area (Å²) >= 11 is 1.80. The Morgan fingerprint density at radius 1 is 1.39 bits per heavy atom. The minimum absolute atomic E-state index is 0.169.